The van der Waals surface area contributed by atoms with Crippen LogP contribution in [0.3, 0.4) is 0 Å². The minimum absolute atomic E-state index is 0.353. The van der Waals surface area contributed by atoms with Gasteiger partial charge in [-0.1, -0.05) is 84.9 Å². The molecule has 4 aromatic carbocycles. The van der Waals surface area contributed by atoms with Gasteiger partial charge >= 0.3 is 0 Å². The van der Waals surface area contributed by atoms with Gasteiger partial charge in [0.15, 0.2) is 16.6 Å². The number of aromatic nitrogens is 1. The zero-order valence-corrected chi connectivity index (χ0v) is 29.0. The SMILES string of the molecule is CNC(=S)NN=C(C(=NNC(=S)NCCOC[P+](c1ccccc1)(c1ccccc1)c1ccccc1)c1ccccc1)c1cccnc1. The van der Waals surface area contributed by atoms with Gasteiger partial charge in [0.1, 0.15) is 34.6 Å². The van der Waals surface area contributed by atoms with Crippen molar-refractivity contribution in [1.29, 1.82) is 0 Å². The van der Waals surface area contributed by atoms with Crippen molar-refractivity contribution < 1.29 is 4.74 Å². The molecule has 0 radical (unpaired) electrons. The van der Waals surface area contributed by atoms with E-state index in [0.717, 1.165) is 11.1 Å². The monoisotopic (exact) mass is 690 g/mol. The van der Waals surface area contributed by atoms with Crippen molar-refractivity contribution in [1.82, 2.24) is 26.5 Å². The number of hydrogen-bond donors (Lipinski definition) is 4. The molecule has 0 fully saturated rings. The molecule has 242 valence electrons. The smallest absolute Gasteiger partial charge is 0.187 e. The lowest BCUT2D eigenvalue weighted by atomic mass is 10.0. The Balaban J connectivity index is 1.30. The predicted octanol–water partition coefficient (Wildman–Crippen LogP) is 4.72. The van der Waals surface area contributed by atoms with E-state index < -0.39 is 7.26 Å². The molecule has 4 N–H and O–H groups in total. The van der Waals surface area contributed by atoms with Gasteiger partial charge in [-0.3, -0.25) is 15.8 Å². The molecule has 8 nitrogen and oxygen atoms in total. The zero-order valence-electron chi connectivity index (χ0n) is 26.5. The number of ether oxygens (including phenoxy) is 1. The number of hydrogen-bond acceptors (Lipinski definition) is 6. The van der Waals surface area contributed by atoms with Gasteiger partial charge in [0, 0.05) is 37.1 Å². The lowest BCUT2D eigenvalue weighted by Crippen LogP contribution is -2.37. The Kier molecular flexibility index (Phi) is 12.8. The standard InChI is InChI=1S/C37H36N7OPS2/c1-38-36(47)43-42-35(30-17-14-24-39-27-30)34(29-15-6-2-7-16-29)41-44-37(48)40-25-26-45-28-46(31-18-8-3-9-19-31,32-20-10-4-11-21-32)33-22-12-5-13-23-33/h2-24,27H,25-26,28H2,1H3,(H3-,38,40,41,42,43,44,47,48)/p+1. The van der Waals surface area contributed by atoms with E-state index in [9.17, 15) is 0 Å². The molecule has 0 saturated heterocycles. The summed E-state index contributed by atoms with van der Waals surface area (Å²) in [6.07, 6.45) is 3.98. The highest BCUT2D eigenvalue weighted by Gasteiger charge is 2.45. The van der Waals surface area contributed by atoms with Crippen molar-refractivity contribution in [2.24, 2.45) is 10.2 Å². The highest BCUT2D eigenvalue weighted by atomic mass is 32.1. The van der Waals surface area contributed by atoms with Crippen molar-refractivity contribution in [3.8, 4) is 0 Å². The molecule has 0 aliphatic heterocycles. The Bertz CT molecular complexity index is 1720. The quantitative estimate of drug-likeness (QED) is 0.0464. The van der Waals surface area contributed by atoms with E-state index in [1.165, 1.54) is 15.9 Å². The molecule has 0 amide bonds. The van der Waals surface area contributed by atoms with Gasteiger partial charge in [-0.05, 0) is 73.0 Å². The third-order valence-electron chi connectivity index (χ3n) is 7.38. The van der Waals surface area contributed by atoms with Gasteiger partial charge in [-0.25, -0.2) is 0 Å². The number of rotatable bonds is 13. The number of hydrazone groups is 2. The van der Waals surface area contributed by atoms with Crippen LogP contribution in [0.1, 0.15) is 11.1 Å². The maximum Gasteiger partial charge on any atom is 0.187 e. The second-order valence-electron chi connectivity index (χ2n) is 10.4. The molecule has 5 aromatic rings. The molecule has 0 bridgehead atoms. The van der Waals surface area contributed by atoms with Crippen LogP contribution in [-0.4, -0.2) is 53.2 Å². The van der Waals surface area contributed by atoms with Crippen LogP contribution in [0, 0.1) is 0 Å². The maximum absolute atomic E-state index is 6.48. The highest BCUT2D eigenvalue weighted by molar-refractivity contribution is 7.95. The Morgan fingerprint density at radius 3 is 1.62 bits per heavy atom. The summed E-state index contributed by atoms with van der Waals surface area (Å²) >= 11 is 10.9. The first kappa shape index (κ1) is 34.5. The molecule has 1 aromatic heterocycles. The first-order chi connectivity index (χ1) is 23.6. The van der Waals surface area contributed by atoms with Crippen molar-refractivity contribution in [3.05, 3.63) is 157 Å². The van der Waals surface area contributed by atoms with Gasteiger partial charge in [0.25, 0.3) is 0 Å². The van der Waals surface area contributed by atoms with E-state index in [2.05, 4.69) is 123 Å². The second-order valence-corrected chi connectivity index (χ2v) is 14.7. The highest BCUT2D eigenvalue weighted by Crippen LogP contribution is 2.55. The minimum atomic E-state index is -2.09. The number of nitrogens with zero attached hydrogens (tertiary/aromatic N) is 3. The third-order valence-corrected chi connectivity index (χ3v) is 12.0. The molecule has 11 heteroatoms. The van der Waals surface area contributed by atoms with Gasteiger partial charge < -0.3 is 15.4 Å². The summed E-state index contributed by atoms with van der Waals surface area (Å²) in [5.74, 6) is 0. The van der Waals surface area contributed by atoms with Gasteiger partial charge in [-0.15, -0.1) is 0 Å². The number of thiocarbonyl (C=S) groups is 2. The van der Waals surface area contributed by atoms with Gasteiger partial charge in [0.05, 0.1) is 6.61 Å². The topological polar surface area (TPSA) is 95.0 Å². The molecule has 5 rings (SSSR count). The van der Waals surface area contributed by atoms with E-state index in [1.54, 1.807) is 19.4 Å². The Morgan fingerprint density at radius 1 is 0.646 bits per heavy atom. The van der Waals surface area contributed by atoms with E-state index in [0.29, 0.717) is 41.1 Å². The van der Waals surface area contributed by atoms with E-state index in [1.807, 2.05) is 42.5 Å². The summed E-state index contributed by atoms with van der Waals surface area (Å²) in [5.41, 5.74) is 8.55. The fraction of sp³-hybridized carbons (Fsp3) is 0.108. The molecule has 0 aliphatic rings. The molecule has 0 spiro atoms. The normalized spacial score (nSPS) is 11.8. The Morgan fingerprint density at radius 2 is 1.12 bits per heavy atom. The molecule has 0 unspecified atom stereocenters. The molecule has 0 aliphatic carbocycles. The Hall–Kier alpha value is -4.86. The van der Waals surface area contributed by atoms with Crippen LogP contribution in [0.15, 0.2) is 156 Å². The second kappa shape index (κ2) is 17.9. The zero-order chi connectivity index (χ0) is 33.4. The van der Waals surface area contributed by atoms with Crippen molar-refractivity contribution in [2.75, 3.05) is 26.5 Å². The summed E-state index contributed by atoms with van der Waals surface area (Å²) in [6.45, 7) is 0.932. The third kappa shape index (κ3) is 8.93. The van der Waals surface area contributed by atoms with Crippen LogP contribution in [0.4, 0.5) is 0 Å². The first-order valence-electron chi connectivity index (χ1n) is 15.4. The summed E-state index contributed by atoms with van der Waals surface area (Å²) < 4.78 is 6.48. The van der Waals surface area contributed by atoms with Crippen molar-refractivity contribution in [2.45, 2.75) is 0 Å². The number of nitrogens with one attached hydrogen (secondary N) is 4. The first-order valence-corrected chi connectivity index (χ1v) is 18.2. The van der Waals surface area contributed by atoms with Crippen LogP contribution in [0.25, 0.3) is 0 Å². The van der Waals surface area contributed by atoms with Crippen molar-refractivity contribution in [3.63, 3.8) is 0 Å². The molecular formula is C37H37N7OPS2+. The molecular weight excluding hydrogens is 654 g/mol. The average molecular weight is 691 g/mol. The summed E-state index contributed by atoms with van der Waals surface area (Å²) in [7, 11) is -0.367. The summed E-state index contributed by atoms with van der Waals surface area (Å²) in [5, 5.41) is 19.9. The largest absolute Gasteiger partial charge is 0.364 e. The fourth-order valence-corrected chi connectivity index (χ4v) is 9.05. The number of benzene rings is 4. The summed E-state index contributed by atoms with van der Waals surface area (Å²) in [4.78, 5) is 4.27. The summed E-state index contributed by atoms with van der Waals surface area (Å²) in [6, 6.07) is 45.5. The van der Waals surface area contributed by atoms with Crippen LogP contribution in [0.2, 0.25) is 0 Å². The van der Waals surface area contributed by atoms with Gasteiger partial charge in [-0.2, -0.15) is 10.2 Å². The molecule has 0 saturated carbocycles. The van der Waals surface area contributed by atoms with E-state index in [-0.39, 0.29) is 0 Å². The van der Waals surface area contributed by atoms with E-state index in [4.69, 9.17) is 34.3 Å². The van der Waals surface area contributed by atoms with Crippen LogP contribution in [-0.2, 0) is 4.74 Å². The predicted molar refractivity (Wildman–Crippen MR) is 208 cm³/mol. The molecule has 1 heterocycles. The fourth-order valence-electron chi connectivity index (χ4n) is 5.07. The minimum Gasteiger partial charge on any atom is -0.364 e. The molecule has 48 heavy (non-hydrogen) atoms. The van der Waals surface area contributed by atoms with Crippen molar-refractivity contribution >= 4 is 69.3 Å². The van der Waals surface area contributed by atoms with Crippen LogP contribution < -0.4 is 37.4 Å². The van der Waals surface area contributed by atoms with Gasteiger partial charge in [0.2, 0.25) is 0 Å². The Labute approximate surface area is 293 Å². The van der Waals surface area contributed by atoms with E-state index >= 15 is 0 Å². The average Bonchev–Trinajstić information content (AvgIpc) is 3.16. The van der Waals surface area contributed by atoms with Crippen LogP contribution in [0.5, 0.6) is 0 Å². The molecule has 0 atom stereocenters. The lowest BCUT2D eigenvalue weighted by Gasteiger charge is -2.27. The van der Waals surface area contributed by atoms with Crippen LogP contribution >= 0.6 is 31.7 Å². The number of pyridine rings is 1. The maximum atomic E-state index is 6.48. The lowest BCUT2D eigenvalue weighted by molar-refractivity contribution is 0.185.